The van der Waals surface area contributed by atoms with Crippen LogP contribution in [-0.2, 0) is 0 Å². The fourth-order valence-corrected chi connectivity index (χ4v) is 1.81. The summed E-state index contributed by atoms with van der Waals surface area (Å²) in [6.07, 6.45) is 0.464. The lowest BCUT2D eigenvalue weighted by Crippen LogP contribution is -2.30. The number of pyridine rings is 1. The van der Waals surface area contributed by atoms with E-state index < -0.39 is 11.5 Å². The van der Waals surface area contributed by atoms with E-state index in [0.29, 0.717) is 18.7 Å². The first-order valence-electron chi connectivity index (χ1n) is 6.40. The summed E-state index contributed by atoms with van der Waals surface area (Å²) in [6, 6.07) is 12.6. The van der Waals surface area contributed by atoms with E-state index in [1.165, 1.54) is 6.07 Å². The normalized spacial score (nSPS) is 10.2. The summed E-state index contributed by atoms with van der Waals surface area (Å²) in [4.78, 5) is 26.4. The van der Waals surface area contributed by atoms with Gasteiger partial charge in [0, 0.05) is 18.8 Å². The average molecular weight is 272 g/mol. The van der Waals surface area contributed by atoms with Crippen LogP contribution in [0.25, 0.3) is 11.3 Å². The van der Waals surface area contributed by atoms with E-state index in [1.807, 2.05) is 30.3 Å². The molecule has 5 nitrogen and oxygen atoms in total. The van der Waals surface area contributed by atoms with Gasteiger partial charge in [0.25, 0.3) is 11.5 Å². The monoisotopic (exact) mass is 272 g/mol. The number of carbonyl (C=O) groups excluding carboxylic acids is 1. The first-order chi connectivity index (χ1) is 9.72. The van der Waals surface area contributed by atoms with Crippen LogP contribution in [0, 0.1) is 0 Å². The predicted molar refractivity (Wildman–Crippen MR) is 76.5 cm³/mol. The Bertz CT molecular complexity index is 635. The van der Waals surface area contributed by atoms with Gasteiger partial charge >= 0.3 is 0 Å². The van der Waals surface area contributed by atoms with E-state index >= 15 is 0 Å². The molecule has 20 heavy (non-hydrogen) atoms. The highest BCUT2D eigenvalue weighted by Gasteiger charge is 2.10. The third-order valence-electron chi connectivity index (χ3n) is 2.86. The van der Waals surface area contributed by atoms with Gasteiger partial charge in [-0.3, -0.25) is 9.59 Å². The van der Waals surface area contributed by atoms with Crippen LogP contribution in [0.1, 0.15) is 16.8 Å². The lowest BCUT2D eigenvalue weighted by molar-refractivity contribution is 0.0949. The highest BCUT2D eigenvalue weighted by atomic mass is 16.3. The fourth-order valence-electron chi connectivity index (χ4n) is 1.81. The molecule has 0 aliphatic carbocycles. The zero-order valence-electron chi connectivity index (χ0n) is 10.9. The van der Waals surface area contributed by atoms with Gasteiger partial charge in [-0.25, -0.2) is 0 Å². The summed E-state index contributed by atoms with van der Waals surface area (Å²) in [5.74, 6) is -0.431. The van der Waals surface area contributed by atoms with Crippen LogP contribution in [0.5, 0.6) is 0 Å². The molecule has 0 radical (unpaired) electrons. The van der Waals surface area contributed by atoms with Gasteiger partial charge in [-0.05, 0) is 24.1 Å². The van der Waals surface area contributed by atoms with Crippen molar-refractivity contribution in [1.29, 1.82) is 0 Å². The topological polar surface area (TPSA) is 82.2 Å². The van der Waals surface area contributed by atoms with Crippen molar-refractivity contribution < 1.29 is 9.90 Å². The number of aliphatic hydroxyl groups is 1. The summed E-state index contributed by atoms with van der Waals surface area (Å²) in [5.41, 5.74) is 1.20. The Kier molecular flexibility index (Phi) is 4.68. The Morgan fingerprint density at radius 2 is 1.90 bits per heavy atom. The maximum atomic E-state index is 11.9. The molecule has 0 bridgehead atoms. The Morgan fingerprint density at radius 1 is 1.15 bits per heavy atom. The molecule has 3 N–H and O–H groups in total. The first kappa shape index (κ1) is 14.0. The lowest BCUT2D eigenvalue weighted by Gasteiger charge is -2.05. The summed E-state index contributed by atoms with van der Waals surface area (Å²) >= 11 is 0. The van der Waals surface area contributed by atoms with Gasteiger partial charge < -0.3 is 15.4 Å². The number of aliphatic hydroxyl groups excluding tert-OH is 1. The average Bonchev–Trinajstić information content (AvgIpc) is 2.48. The molecule has 0 atom stereocenters. The lowest BCUT2D eigenvalue weighted by atomic mass is 10.1. The maximum Gasteiger partial charge on any atom is 0.261 e. The van der Waals surface area contributed by atoms with E-state index in [9.17, 15) is 9.59 Å². The number of aromatic nitrogens is 1. The van der Waals surface area contributed by atoms with Crippen LogP contribution in [0.3, 0.4) is 0 Å². The molecule has 1 aromatic carbocycles. The molecule has 0 aliphatic heterocycles. The van der Waals surface area contributed by atoms with Crippen molar-refractivity contribution >= 4 is 5.91 Å². The summed E-state index contributed by atoms with van der Waals surface area (Å²) < 4.78 is 0. The van der Waals surface area contributed by atoms with E-state index in [1.54, 1.807) is 6.07 Å². The number of carbonyl (C=O) groups is 1. The first-order valence-corrected chi connectivity index (χ1v) is 6.40. The van der Waals surface area contributed by atoms with E-state index in [4.69, 9.17) is 5.11 Å². The van der Waals surface area contributed by atoms with Crippen LogP contribution >= 0.6 is 0 Å². The zero-order chi connectivity index (χ0) is 14.4. The quantitative estimate of drug-likeness (QED) is 0.714. The van der Waals surface area contributed by atoms with Crippen LogP contribution in [0.2, 0.25) is 0 Å². The molecule has 1 amide bonds. The van der Waals surface area contributed by atoms with Gasteiger partial charge in [0.1, 0.15) is 5.56 Å². The molecule has 1 heterocycles. The predicted octanol–water partition coefficient (Wildman–Crippen LogP) is 1.15. The summed E-state index contributed by atoms with van der Waals surface area (Å²) in [7, 11) is 0. The molecule has 0 spiro atoms. The van der Waals surface area contributed by atoms with Gasteiger partial charge in [-0.15, -0.1) is 0 Å². The largest absolute Gasteiger partial charge is 0.396 e. The molecule has 0 saturated carbocycles. The third-order valence-corrected chi connectivity index (χ3v) is 2.86. The molecule has 2 rings (SSSR count). The summed E-state index contributed by atoms with van der Waals surface area (Å²) in [5, 5.41) is 11.2. The molecule has 0 aliphatic rings. The van der Waals surface area contributed by atoms with Crippen LogP contribution in [0.4, 0.5) is 0 Å². The molecule has 104 valence electrons. The number of aromatic amines is 1. The smallest absolute Gasteiger partial charge is 0.261 e. The van der Waals surface area contributed by atoms with Crippen molar-refractivity contribution in [2.24, 2.45) is 0 Å². The standard InChI is InChI=1S/C15H16N2O3/c18-10-4-9-16-14(19)12-7-8-13(17-15(12)20)11-5-2-1-3-6-11/h1-3,5-8,18H,4,9-10H2,(H,16,19)(H,17,20). The minimum atomic E-state index is -0.431. The van der Waals surface area contributed by atoms with Gasteiger partial charge in [0.05, 0.1) is 0 Å². The number of benzene rings is 1. The third kappa shape index (κ3) is 3.33. The van der Waals surface area contributed by atoms with Crippen molar-refractivity contribution in [3.8, 4) is 11.3 Å². The molecule has 0 saturated heterocycles. The molecular formula is C15H16N2O3. The number of hydrogen-bond acceptors (Lipinski definition) is 3. The SMILES string of the molecule is O=C(NCCCO)c1ccc(-c2ccccc2)[nH]c1=O. The molecule has 5 heteroatoms. The Morgan fingerprint density at radius 3 is 2.55 bits per heavy atom. The van der Waals surface area contributed by atoms with Gasteiger partial charge in [0.15, 0.2) is 0 Å². The van der Waals surface area contributed by atoms with Crippen molar-refractivity contribution in [2.75, 3.05) is 13.2 Å². The second kappa shape index (κ2) is 6.68. The summed E-state index contributed by atoms with van der Waals surface area (Å²) in [6.45, 7) is 0.346. The van der Waals surface area contributed by atoms with E-state index in [0.717, 1.165) is 5.56 Å². The van der Waals surface area contributed by atoms with Crippen molar-refractivity contribution in [2.45, 2.75) is 6.42 Å². The van der Waals surface area contributed by atoms with Crippen LogP contribution < -0.4 is 10.9 Å². The number of hydrogen-bond donors (Lipinski definition) is 3. The fraction of sp³-hybridized carbons (Fsp3) is 0.200. The molecule has 0 unspecified atom stereocenters. The highest BCUT2D eigenvalue weighted by molar-refractivity contribution is 5.94. The second-order valence-corrected chi connectivity index (χ2v) is 4.31. The van der Waals surface area contributed by atoms with E-state index in [2.05, 4.69) is 10.3 Å². The van der Waals surface area contributed by atoms with E-state index in [-0.39, 0.29) is 12.2 Å². The molecule has 2 aromatic rings. The van der Waals surface area contributed by atoms with Gasteiger partial charge in [-0.2, -0.15) is 0 Å². The second-order valence-electron chi connectivity index (χ2n) is 4.31. The Hall–Kier alpha value is -2.40. The minimum Gasteiger partial charge on any atom is -0.396 e. The van der Waals surface area contributed by atoms with Crippen LogP contribution in [-0.4, -0.2) is 29.1 Å². The highest BCUT2D eigenvalue weighted by Crippen LogP contribution is 2.14. The molecular weight excluding hydrogens is 256 g/mol. The zero-order valence-corrected chi connectivity index (χ0v) is 10.9. The minimum absolute atomic E-state index is 0.00355. The number of amides is 1. The molecule has 0 fully saturated rings. The Balaban J connectivity index is 2.18. The van der Waals surface area contributed by atoms with Crippen LogP contribution in [0.15, 0.2) is 47.3 Å². The van der Waals surface area contributed by atoms with Crippen molar-refractivity contribution in [3.05, 3.63) is 58.4 Å². The number of rotatable bonds is 5. The maximum absolute atomic E-state index is 11.9. The Labute approximate surface area is 116 Å². The van der Waals surface area contributed by atoms with Crippen molar-refractivity contribution in [3.63, 3.8) is 0 Å². The molecule has 1 aromatic heterocycles. The number of H-pyrrole nitrogens is 1. The van der Waals surface area contributed by atoms with Crippen molar-refractivity contribution in [1.82, 2.24) is 10.3 Å². The van der Waals surface area contributed by atoms with Gasteiger partial charge in [0.2, 0.25) is 0 Å². The van der Waals surface area contributed by atoms with Gasteiger partial charge in [-0.1, -0.05) is 30.3 Å². The number of nitrogens with one attached hydrogen (secondary N) is 2.